The predicted molar refractivity (Wildman–Crippen MR) is 121 cm³/mol. The molecule has 0 radical (unpaired) electrons. The molecule has 0 aliphatic heterocycles. The highest BCUT2D eigenvalue weighted by molar-refractivity contribution is 5.79. The summed E-state index contributed by atoms with van der Waals surface area (Å²) in [6, 6.07) is 18.1. The Morgan fingerprint density at radius 3 is 2.44 bits per heavy atom. The summed E-state index contributed by atoms with van der Waals surface area (Å²) in [6.45, 7) is 0.335. The molecule has 0 atom stereocenters. The maximum absolute atomic E-state index is 12.6. The molecule has 2 aromatic carbocycles. The third kappa shape index (κ3) is 6.66. The van der Waals surface area contributed by atoms with Gasteiger partial charge in [-0.1, -0.05) is 48.0 Å². The molecule has 8 heteroatoms. The Morgan fingerprint density at radius 1 is 1.03 bits per heavy atom. The largest absolute Gasteiger partial charge is 0.434 e. The molecule has 1 aromatic heterocycles. The van der Waals surface area contributed by atoms with Crippen LogP contribution in [0.5, 0.6) is 5.75 Å². The van der Waals surface area contributed by atoms with E-state index in [0.717, 1.165) is 16.7 Å². The lowest BCUT2D eigenvalue weighted by atomic mass is 10.1. The van der Waals surface area contributed by atoms with Gasteiger partial charge in [-0.2, -0.15) is 8.78 Å². The minimum atomic E-state index is -2.88. The summed E-state index contributed by atoms with van der Waals surface area (Å²) in [7, 11) is 1.64. The molecule has 0 spiro atoms. The Balaban J connectivity index is 1.55. The van der Waals surface area contributed by atoms with Gasteiger partial charge in [0.2, 0.25) is 0 Å². The smallest absolute Gasteiger partial charge is 0.387 e. The second kappa shape index (κ2) is 11.1. The number of alkyl halides is 2. The molecule has 0 aliphatic rings. The molecule has 6 nitrogen and oxygen atoms in total. The highest BCUT2D eigenvalue weighted by Gasteiger charge is 2.10. The number of ether oxygens (including phenoxy) is 1. The summed E-state index contributed by atoms with van der Waals surface area (Å²) in [5.41, 5.74) is 3.59. The van der Waals surface area contributed by atoms with Crippen LogP contribution in [0.25, 0.3) is 0 Å². The van der Waals surface area contributed by atoms with Crippen molar-refractivity contribution in [2.45, 2.75) is 33.2 Å². The quantitative estimate of drug-likeness (QED) is 0.414. The van der Waals surface area contributed by atoms with E-state index in [1.54, 1.807) is 42.1 Å². The van der Waals surface area contributed by atoms with E-state index in [1.165, 1.54) is 6.07 Å². The van der Waals surface area contributed by atoms with Crippen LogP contribution in [0.4, 0.5) is 8.78 Å². The summed E-state index contributed by atoms with van der Waals surface area (Å²) in [5, 5.41) is 6.33. The van der Waals surface area contributed by atoms with E-state index >= 15 is 0 Å². The van der Waals surface area contributed by atoms with Gasteiger partial charge in [0.15, 0.2) is 5.96 Å². The van der Waals surface area contributed by atoms with E-state index in [4.69, 9.17) is 0 Å². The Bertz CT molecular complexity index is 1110. The first-order valence-corrected chi connectivity index (χ1v) is 10.2. The van der Waals surface area contributed by atoms with Crippen LogP contribution >= 0.6 is 0 Å². The highest BCUT2D eigenvalue weighted by Crippen LogP contribution is 2.22. The summed E-state index contributed by atoms with van der Waals surface area (Å²) in [4.78, 5) is 16.0. The summed E-state index contributed by atoms with van der Waals surface area (Å²) < 4.78 is 31.5. The molecule has 0 bridgehead atoms. The standard InChI is InChI=1S/C24H26F2N4O2/c1-17-6-11-21(32-23(25)26)20(13-17)15-29-24(27-2)28-14-18-7-9-19(10-8-18)16-30-12-4-3-5-22(30)31/h3-13,23H,14-16H2,1-2H3,(H2,27,28,29). The van der Waals surface area contributed by atoms with E-state index in [1.807, 2.05) is 37.3 Å². The number of hydrogen-bond donors (Lipinski definition) is 2. The maximum Gasteiger partial charge on any atom is 0.387 e. The monoisotopic (exact) mass is 440 g/mol. The fraction of sp³-hybridized carbons (Fsp3) is 0.250. The normalized spacial score (nSPS) is 11.5. The first-order chi connectivity index (χ1) is 15.4. The fourth-order valence-corrected chi connectivity index (χ4v) is 3.19. The molecule has 1 heterocycles. The number of rotatable bonds is 8. The minimum absolute atomic E-state index is 0.0381. The molecule has 0 aliphatic carbocycles. The topological polar surface area (TPSA) is 67.7 Å². The molecule has 3 aromatic rings. The Labute approximate surface area is 185 Å². The summed E-state index contributed by atoms with van der Waals surface area (Å²) in [5.74, 6) is 0.677. The number of guanidine groups is 1. The zero-order valence-electron chi connectivity index (χ0n) is 18.0. The molecule has 3 rings (SSSR count). The van der Waals surface area contributed by atoms with Crippen molar-refractivity contribution in [3.63, 3.8) is 0 Å². The number of benzene rings is 2. The van der Waals surface area contributed by atoms with Gasteiger partial charge < -0.3 is 19.9 Å². The zero-order valence-corrected chi connectivity index (χ0v) is 18.0. The van der Waals surface area contributed by atoms with Crippen LogP contribution in [0, 0.1) is 6.92 Å². The lowest BCUT2D eigenvalue weighted by molar-refractivity contribution is -0.0504. The van der Waals surface area contributed by atoms with E-state index in [2.05, 4.69) is 20.4 Å². The van der Waals surface area contributed by atoms with E-state index in [0.29, 0.717) is 24.6 Å². The zero-order chi connectivity index (χ0) is 22.9. The fourth-order valence-electron chi connectivity index (χ4n) is 3.19. The second-order valence-electron chi connectivity index (χ2n) is 7.25. The van der Waals surface area contributed by atoms with Crippen LogP contribution in [-0.2, 0) is 19.6 Å². The summed E-state index contributed by atoms with van der Waals surface area (Å²) in [6.07, 6.45) is 1.76. The van der Waals surface area contributed by atoms with Crippen molar-refractivity contribution in [3.05, 3.63) is 99.5 Å². The van der Waals surface area contributed by atoms with Crippen LogP contribution in [0.1, 0.15) is 22.3 Å². The molecule has 168 valence electrons. The van der Waals surface area contributed by atoms with Crippen molar-refractivity contribution in [2.75, 3.05) is 7.05 Å². The van der Waals surface area contributed by atoms with E-state index in [9.17, 15) is 13.6 Å². The number of nitrogens with one attached hydrogen (secondary N) is 2. The number of pyridine rings is 1. The van der Waals surface area contributed by atoms with Crippen molar-refractivity contribution in [2.24, 2.45) is 4.99 Å². The van der Waals surface area contributed by atoms with Crippen LogP contribution < -0.4 is 20.9 Å². The van der Waals surface area contributed by atoms with Crippen LogP contribution in [0.2, 0.25) is 0 Å². The van der Waals surface area contributed by atoms with Gasteiger partial charge in [-0.25, -0.2) is 0 Å². The van der Waals surface area contributed by atoms with Crippen molar-refractivity contribution in [1.82, 2.24) is 15.2 Å². The maximum atomic E-state index is 12.6. The van der Waals surface area contributed by atoms with Crippen LogP contribution in [-0.4, -0.2) is 24.2 Å². The van der Waals surface area contributed by atoms with Gasteiger partial charge in [0, 0.05) is 38.0 Å². The van der Waals surface area contributed by atoms with Crippen molar-refractivity contribution in [1.29, 1.82) is 0 Å². The van der Waals surface area contributed by atoms with Crippen LogP contribution in [0.3, 0.4) is 0 Å². The van der Waals surface area contributed by atoms with E-state index in [-0.39, 0.29) is 17.9 Å². The second-order valence-corrected chi connectivity index (χ2v) is 7.25. The lowest BCUT2D eigenvalue weighted by Crippen LogP contribution is -2.36. The first kappa shape index (κ1) is 23.0. The van der Waals surface area contributed by atoms with Gasteiger partial charge in [0.05, 0.1) is 6.54 Å². The molecular formula is C24H26F2N4O2. The number of aromatic nitrogens is 1. The molecule has 32 heavy (non-hydrogen) atoms. The number of aryl methyl sites for hydroxylation is 1. The molecule has 2 N–H and O–H groups in total. The average molecular weight is 440 g/mol. The van der Waals surface area contributed by atoms with Gasteiger partial charge in [-0.3, -0.25) is 9.79 Å². The molecule has 0 saturated carbocycles. The molecule has 0 amide bonds. The Kier molecular flexibility index (Phi) is 7.96. The van der Waals surface area contributed by atoms with Crippen LogP contribution in [0.15, 0.2) is 76.6 Å². The van der Waals surface area contributed by atoms with Gasteiger partial charge in [0.1, 0.15) is 5.75 Å². The molecular weight excluding hydrogens is 414 g/mol. The van der Waals surface area contributed by atoms with E-state index < -0.39 is 6.61 Å². The third-order valence-electron chi connectivity index (χ3n) is 4.84. The number of hydrogen-bond acceptors (Lipinski definition) is 3. The van der Waals surface area contributed by atoms with Gasteiger partial charge >= 0.3 is 6.61 Å². The Morgan fingerprint density at radius 2 is 1.75 bits per heavy atom. The SMILES string of the molecule is CN=C(NCc1ccc(Cn2ccccc2=O)cc1)NCc1cc(C)ccc1OC(F)F. The summed E-state index contributed by atoms with van der Waals surface area (Å²) >= 11 is 0. The van der Waals surface area contributed by atoms with Crippen molar-refractivity contribution in [3.8, 4) is 5.75 Å². The van der Waals surface area contributed by atoms with Gasteiger partial charge in [0.25, 0.3) is 5.56 Å². The predicted octanol–water partition coefficient (Wildman–Crippen LogP) is 3.67. The lowest BCUT2D eigenvalue weighted by Gasteiger charge is -2.15. The number of halogens is 2. The highest BCUT2D eigenvalue weighted by atomic mass is 19.3. The van der Waals surface area contributed by atoms with Gasteiger partial charge in [-0.05, 0) is 30.2 Å². The third-order valence-corrected chi connectivity index (χ3v) is 4.84. The van der Waals surface area contributed by atoms with Gasteiger partial charge in [-0.15, -0.1) is 0 Å². The average Bonchev–Trinajstić information content (AvgIpc) is 2.78. The Hall–Kier alpha value is -3.68. The number of nitrogens with zero attached hydrogens (tertiary/aromatic N) is 2. The number of aliphatic imine (C=N–C) groups is 1. The molecule has 0 fully saturated rings. The molecule has 0 unspecified atom stereocenters. The molecule has 0 saturated heterocycles. The first-order valence-electron chi connectivity index (χ1n) is 10.2. The van der Waals surface area contributed by atoms with Crippen molar-refractivity contribution < 1.29 is 13.5 Å². The minimum Gasteiger partial charge on any atom is -0.434 e. The van der Waals surface area contributed by atoms with Crippen molar-refractivity contribution >= 4 is 5.96 Å².